The van der Waals surface area contributed by atoms with E-state index in [4.69, 9.17) is 0 Å². The zero-order valence-electron chi connectivity index (χ0n) is 14.9. The lowest BCUT2D eigenvalue weighted by Gasteiger charge is -2.24. The predicted molar refractivity (Wildman–Crippen MR) is 103 cm³/mol. The maximum atomic E-state index is 13.8. The largest absolute Gasteiger partial charge is 0.348 e. The molecule has 0 saturated heterocycles. The molecule has 2 rings (SSSR count). The Kier molecular flexibility index (Phi) is 6.91. The molecule has 0 aliphatic heterocycles. The van der Waals surface area contributed by atoms with Gasteiger partial charge in [-0.05, 0) is 36.6 Å². The Balaban J connectivity index is 2.11. The number of amides is 2. The minimum atomic E-state index is -0.771. The van der Waals surface area contributed by atoms with Crippen LogP contribution in [0.25, 0.3) is 0 Å². The number of nitrogens with one attached hydrogen (secondary N) is 2. The van der Waals surface area contributed by atoms with Crippen LogP contribution in [0.3, 0.4) is 0 Å². The molecular weight excluding hydrogens is 399 g/mol. The van der Waals surface area contributed by atoms with Crippen LogP contribution in [0.1, 0.15) is 42.7 Å². The van der Waals surface area contributed by atoms with E-state index in [-0.39, 0.29) is 23.4 Å². The van der Waals surface area contributed by atoms with E-state index in [1.165, 1.54) is 18.2 Å². The molecule has 0 spiro atoms. The minimum absolute atomic E-state index is 0.0789. The van der Waals surface area contributed by atoms with Gasteiger partial charge >= 0.3 is 0 Å². The predicted octanol–water partition coefficient (Wildman–Crippen LogP) is 4.22. The zero-order valence-corrected chi connectivity index (χ0v) is 16.5. The molecule has 4 nitrogen and oxygen atoms in total. The fourth-order valence-electron chi connectivity index (χ4n) is 2.61. The van der Waals surface area contributed by atoms with Gasteiger partial charge in [-0.2, -0.15) is 0 Å². The fourth-order valence-corrected chi connectivity index (χ4v) is 3.23. The van der Waals surface area contributed by atoms with E-state index < -0.39 is 17.8 Å². The highest BCUT2D eigenvalue weighted by Gasteiger charge is 2.27. The first-order valence-electron chi connectivity index (χ1n) is 8.41. The van der Waals surface area contributed by atoms with E-state index in [0.29, 0.717) is 0 Å². The smallest absolute Gasteiger partial charge is 0.254 e. The lowest BCUT2D eigenvalue weighted by atomic mass is 10.0. The third kappa shape index (κ3) is 4.91. The molecule has 0 aromatic heterocycles. The van der Waals surface area contributed by atoms with Crippen LogP contribution in [0.4, 0.5) is 4.39 Å². The van der Waals surface area contributed by atoms with Gasteiger partial charge in [0.15, 0.2) is 0 Å². The second-order valence-corrected chi connectivity index (χ2v) is 7.28. The normalized spacial score (nSPS) is 13.2. The molecule has 2 N–H and O–H groups in total. The van der Waals surface area contributed by atoms with Crippen LogP contribution in [0, 0.1) is 11.7 Å². The Labute approximate surface area is 161 Å². The van der Waals surface area contributed by atoms with Crippen molar-refractivity contribution in [3.8, 4) is 0 Å². The molecule has 2 aromatic rings. The van der Waals surface area contributed by atoms with Gasteiger partial charge in [-0.3, -0.25) is 9.59 Å². The van der Waals surface area contributed by atoms with Crippen LogP contribution in [-0.4, -0.2) is 17.9 Å². The highest BCUT2D eigenvalue weighted by molar-refractivity contribution is 9.10. The highest BCUT2D eigenvalue weighted by atomic mass is 79.9. The first-order chi connectivity index (χ1) is 12.3. The van der Waals surface area contributed by atoms with E-state index in [2.05, 4.69) is 26.6 Å². The quantitative estimate of drug-likeness (QED) is 0.734. The van der Waals surface area contributed by atoms with E-state index in [0.717, 1.165) is 10.0 Å². The lowest BCUT2D eigenvalue weighted by molar-refractivity contribution is -0.124. The minimum Gasteiger partial charge on any atom is -0.348 e. The highest BCUT2D eigenvalue weighted by Crippen LogP contribution is 2.23. The molecule has 2 unspecified atom stereocenters. The van der Waals surface area contributed by atoms with Crippen molar-refractivity contribution in [3.05, 3.63) is 69.9 Å². The van der Waals surface area contributed by atoms with Gasteiger partial charge in [0, 0.05) is 4.47 Å². The van der Waals surface area contributed by atoms with Crippen LogP contribution >= 0.6 is 15.9 Å². The van der Waals surface area contributed by atoms with E-state index >= 15 is 0 Å². The number of hydrogen-bond donors (Lipinski definition) is 2. The van der Waals surface area contributed by atoms with Crippen molar-refractivity contribution in [1.29, 1.82) is 0 Å². The topological polar surface area (TPSA) is 58.2 Å². The van der Waals surface area contributed by atoms with Gasteiger partial charge < -0.3 is 10.6 Å². The number of hydrogen-bond acceptors (Lipinski definition) is 2. The molecule has 0 bridgehead atoms. The SMILES string of the molecule is CC(NC(=O)C(NC(=O)c1ccccc1F)C(C)C)c1ccccc1Br. The summed E-state index contributed by atoms with van der Waals surface area (Å²) in [4.78, 5) is 25.1. The molecule has 2 aromatic carbocycles. The first kappa shape index (κ1) is 20.1. The third-order valence-corrected chi connectivity index (χ3v) is 4.81. The van der Waals surface area contributed by atoms with Crippen molar-refractivity contribution in [2.24, 2.45) is 5.92 Å². The van der Waals surface area contributed by atoms with Crippen molar-refractivity contribution in [2.45, 2.75) is 32.9 Å². The van der Waals surface area contributed by atoms with Crippen molar-refractivity contribution >= 4 is 27.7 Å². The summed E-state index contributed by atoms with van der Waals surface area (Å²) in [5.74, 6) is -1.69. The number of carbonyl (C=O) groups excluding carboxylic acids is 2. The molecule has 0 heterocycles. The average molecular weight is 421 g/mol. The van der Waals surface area contributed by atoms with Gasteiger partial charge in [-0.15, -0.1) is 0 Å². The summed E-state index contributed by atoms with van der Waals surface area (Å²) in [5.41, 5.74) is 0.855. The monoisotopic (exact) mass is 420 g/mol. The fraction of sp³-hybridized carbons (Fsp3) is 0.300. The number of rotatable bonds is 6. The molecule has 0 aliphatic rings. The van der Waals surface area contributed by atoms with Crippen LogP contribution < -0.4 is 10.6 Å². The molecule has 0 radical (unpaired) electrons. The van der Waals surface area contributed by atoms with Gasteiger partial charge in [-0.1, -0.05) is 60.1 Å². The van der Waals surface area contributed by atoms with Crippen LogP contribution in [0.2, 0.25) is 0 Å². The summed E-state index contributed by atoms with van der Waals surface area (Å²) < 4.78 is 14.7. The summed E-state index contributed by atoms with van der Waals surface area (Å²) in [5, 5.41) is 5.55. The van der Waals surface area contributed by atoms with E-state index in [1.54, 1.807) is 6.07 Å². The van der Waals surface area contributed by atoms with Gasteiger partial charge in [0.05, 0.1) is 11.6 Å². The summed E-state index contributed by atoms with van der Waals surface area (Å²) in [6.45, 7) is 5.53. The zero-order chi connectivity index (χ0) is 19.3. The van der Waals surface area contributed by atoms with Gasteiger partial charge in [-0.25, -0.2) is 4.39 Å². The van der Waals surface area contributed by atoms with Crippen molar-refractivity contribution < 1.29 is 14.0 Å². The molecule has 0 fully saturated rings. The number of halogens is 2. The van der Waals surface area contributed by atoms with Crippen molar-refractivity contribution in [2.75, 3.05) is 0 Å². The molecular formula is C20H22BrFN2O2. The standard InChI is InChI=1S/C20H22BrFN2O2/c1-12(2)18(24-19(25)15-9-5-7-11-17(15)22)20(26)23-13(3)14-8-4-6-10-16(14)21/h4-13,18H,1-3H3,(H,23,26)(H,24,25). The maximum Gasteiger partial charge on any atom is 0.254 e. The Morgan fingerprint density at radius 2 is 1.58 bits per heavy atom. The number of carbonyl (C=O) groups is 2. The molecule has 2 atom stereocenters. The molecule has 2 amide bonds. The second kappa shape index (κ2) is 8.94. The van der Waals surface area contributed by atoms with Crippen molar-refractivity contribution in [3.63, 3.8) is 0 Å². The van der Waals surface area contributed by atoms with Crippen LogP contribution in [0.5, 0.6) is 0 Å². The van der Waals surface area contributed by atoms with Gasteiger partial charge in [0.1, 0.15) is 11.9 Å². The summed E-state index contributed by atoms with van der Waals surface area (Å²) in [7, 11) is 0. The second-order valence-electron chi connectivity index (χ2n) is 6.43. The van der Waals surface area contributed by atoms with Gasteiger partial charge in [0.25, 0.3) is 5.91 Å². The first-order valence-corrected chi connectivity index (χ1v) is 9.20. The molecule has 0 aliphatic carbocycles. The van der Waals surface area contributed by atoms with Crippen LogP contribution in [-0.2, 0) is 4.79 Å². The van der Waals surface area contributed by atoms with Crippen molar-refractivity contribution in [1.82, 2.24) is 10.6 Å². The Hall–Kier alpha value is -2.21. The summed E-state index contributed by atoms with van der Waals surface area (Å²) >= 11 is 3.47. The third-order valence-electron chi connectivity index (χ3n) is 4.08. The molecule has 0 saturated carbocycles. The Morgan fingerprint density at radius 1 is 0.962 bits per heavy atom. The lowest BCUT2D eigenvalue weighted by Crippen LogP contribution is -2.50. The Morgan fingerprint density at radius 3 is 2.19 bits per heavy atom. The Bertz CT molecular complexity index is 795. The average Bonchev–Trinajstić information content (AvgIpc) is 2.59. The van der Waals surface area contributed by atoms with Gasteiger partial charge in [0.2, 0.25) is 5.91 Å². The van der Waals surface area contributed by atoms with E-state index in [9.17, 15) is 14.0 Å². The molecule has 26 heavy (non-hydrogen) atoms. The maximum absolute atomic E-state index is 13.8. The number of benzene rings is 2. The summed E-state index contributed by atoms with van der Waals surface area (Å²) in [6, 6.07) is 12.3. The van der Waals surface area contributed by atoms with E-state index in [1.807, 2.05) is 45.0 Å². The molecule has 138 valence electrons. The summed E-state index contributed by atoms with van der Waals surface area (Å²) in [6.07, 6.45) is 0. The molecule has 6 heteroatoms. The van der Waals surface area contributed by atoms with Crippen LogP contribution in [0.15, 0.2) is 53.0 Å².